The van der Waals surface area contributed by atoms with Crippen LogP contribution in [-0.4, -0.2) is 75.0 Å². The van der Waals surface area contributed by atoms with E-state index in [0.29, 0.717) is 25.2 Å². The third kappa shape index (κ3) is 5.61. The van der Waals surface area contributed by atoms with E-state index in [4.69, 9.17) is 0 Å². The molecule has 2 aromatic heterocycles. The molecule has 0 unspecified atom stereocenters. The molecular formula is C21H24F3N9O2. The summed E-state index contributed by atoms with van der Waals surface area (Å²) in [5, 5.41) is 17.9. The number of piperazine rings is 1. The Balaban J connectivity index is 1.65. The van der Waals surface area contributed by atoms with Gasteiger partial charge in [0.15, 0.2) is 17.5 Å². The molecule has 2 fully saturated rings. The molecule has 35 heavy (non-hydrogen) atoms. The van der Waals surface area contributed by atoms with Gasteiger partial charge in [-0.1, -0.05) is 0 Å². The Hall–Kier alpha value is -3.89. The Labute approximate surface area is 198 Å². The molecule has 2 aliphatic rings. The van der Waals surface area contributed by atoms with Gasteiger partial charge in [-0.2, -0.15) is 23.5 Å². The molecule has 14 heteroatoms. The number of alkyl halides is 3. The maximum atomic E-state index is 12.6. The van der Waals surface area contributed by atoms with Crippen molar-refractivity contribution in [1.29, 1.82) is 5.26 Å². The van der Waals surface area contributed by atoms with Crippen LogP contribution in [0.3, 0.4) is 0 Å². The van der Waals surface area contributed by atoms with E-state index in [-0.39, 0.29) is 40.9 Å². The van der Waals surface area contributed by atoms with Crippen molar-refractivity contribution in [2.24, 2.45) is 13.0 Å². The Bertz CT molecular complexity index is 1170. The van der Waals surface area contributed by atoms with E-state index < -0.39 is 18.8 Å². The molecule has 1 aliphatic carbocycles. The molecule has 1 saturated heterocycles. The monoisotopic (exact) mass is 491 g/mol. The predicted octanol–water partition coefficient (Wildman–Crippen LogP) is 1.88. The molecule has 2 aromatic rings. The summed E-state index contributed by atoms with van der Waals surface area (Å²) >= 11 is 0. The predicted molar refractivity (Wildman–Crippen MR) is 118 cm³/mol. The van der Waals surface area contributed by atoms with E-state index in [9.17, 15) is 28.0 Å². The molecule has 0 aromatic carbocycles. The van der Waals surface area contributed by atoms with Crippen molar-refractivity contribution in [3.63, 3.8) is 0 Å². The highest BCUT2D eigenvalue weighted by atomic mass is 19.4. The van der Waals surface area contributed by atoms with Crippen LogP contribution in [0.15, 0.2) is 12.4 Å². The van der Waals surface area contributed by atoms with Crippen LogP contribution in [0, 0.1) is 17.2 Å². The molecule has 186 valence electrons. The van der Waals surface area contributed by atoms with Crippen LogP contribution in [0.4, 0.5) is 29.6 Å². The summed E-state index contributed by atoms with van der Waals surface area (Å²) in [7, 11) is 1.69. The first-order chi connectivity index (χ1) is 16.6. The maximum Gasteiger partial charge on any atom is 0.405 e. The number of amides is 3. The van der Waals surface area contributed by atoms with Gasteiger partial charge in [0.2, 0.25) is 5.91 Å². The van der Waals surface area contributed by atoms with Crippen molar-refractivity contribution in [3.8, 4) is 17.5 Å². The molecule has 11 nitrogen and oxygen atoms in total. The Morgan fingerprint density at radius 1 is 1.26 bits per heavy atom. The highest BCUT2D eigenvalue weighted by molar-refractivity contribution is 5.91. The van der Waals surface area contributed by atoms with Crippen LogP contribution in [0.1, 0.15) is 25.3 Å². The molecule has 0 spiro atoms. The second-order valence-electron chi connectivity index (χ2n) is 8.63. The SMILES string of the molecule is C[C@@H]1CN(c2nc(-c3cnn(C)c3)nc(NC(=O)NCC(F)(F)F)c2C#N)CCN1C(=O)C1CC1. The molecule has 3 heterocycles. The minimum atomic E-state index is -4.60. The fourth-order valence-corrected chi connectivity index (χ4v) is 3.91. The molecule has 0 bridgehead atoms. The van der Waals surface area contributed by atoms with Crippen molar-refractivity contribution in [2.75, 3.05) is 36.4 Å². The number of nitriles is 1. The van der Waals surface area contributed by atoms with Crippen LogP contribution in [0.5, 0.6) is 0 Å². The van der Waals surface area contributed by atoms with Crippen LogP contribution >= 0.6 is 0 Å². The summed E-state index contributed by atoms with van der Waals surface area (Å²) in [5.41, 5.74) is 0.404. The van der Waals surface area contributed by atoms with Crippen molar-refractivity contribution >= 4 is 23.6 Å². The number of aromatic nitrogens is 4. The van der Waals surface area contributed by atoms with Gasteiger partial charge in [-0.15, -0.1) is 0 Å². The normalized spacial score (nSPS) is 18.2. The zero-order valence-corrected chi connectivity index (χ0v) is 19.1. The second kappa shape index (κ2) is 9.40. The lowest BCUT2D eigenvalue weighted by molar-refractivity contribution is -0.135. The number of hydrogen-bond donors (Lipinski definition) is 2. The Morgan fingerprint density at radius 2 is 2.00 bits per heavy atom. The number of anilines is 2. The van der Waals surface area contributed by atoms with Crippen LogP contribution in [0.2, 0.25) is 0 Å². The summed E-state index contributed by atoms with van der Waals surface area (Å²) in [5.74, 6) is 0.348. The average Bonchev–Trinajstić information content (AvgIpc) is 3.56. The number of hydrogen-bond acceptors (Lipinski definition) is 7. The molecule has 2 N–H and O–H groups in total. The topological polar surface area (TPSA) is 132 Å². The lowest BCUT2D eigenvalue weighted by atomic mass is 10.1. The highest BCUT2D eigenvalue weighted by Crippen LogP contribution is 2.34. The maximum absolute atomic E-state index is 12.6. The number of aryl methyl sites for hydroxylation is 1. The first-order valence-corrected chi connectivity index (χ1v) is 11.0. The summed E-state index contributed by atoms with van der Waals surface area (Å²) in [6.07, 6.45) is 0.328. The number of carbonyl (C=O) groups is 2. The van der Waals surface area contributed by atoms with Gasteiger partial charge < -0.3 is 15.1 Å². The number of nitrogens with zero attached hydrogens (tertiary/aromatic N) is 7. The van der Waals surface area contributed by atoms with E-state index in [2.05, 4.69) is 20.4 Å². The van der Waals surface area contributed by atoms with Gasteiger partial charge in [0, 0.05) is 44.8 Å². The quantitative estimate of drug-likeness (QED) is 0.653. The molecule has 1 aliphatic heterocycles. The molecule has 3 amide bonds. The van der Waals surface area contributed by atoms with Gasteiger partial charge >= 0.3 is 12.2 Å². The third-order valence-corrected chi connectivity index (χ3v) is 5.78. The highest BCUT2D eigenvalue weighted by Gasteiger charge is 2.38. The standard InChI is InChI=1S/C21H24F3N9O2/c1-12-9-32(5-6-33(12)19(34)13-3-4-13)18-15(7-25)17(30-20(35)26-11-21(22,23)24)28-16(29-18)14-8-27-31(2)10-14/h8,10,12-13H,3-6,9,11H2,1-2H3,(H2,26,28,29,30,35)/t12-/m1/s1. The largest absolute Gasteiger partial charge is 0.405 e. The van der Waals surface area contributed by atoms with Gasteiger partial charge in [0.05, 0.1) is 11.8 Å². The summed E-state index contributed by atoms with van der Waals surface area (Å²) in [4.78, 5) is 37.1. The van der Waals surface area contributed by atoms with Crippen LogP contribution < -0.4 is 15.5 Å². The second-order valence-corrected chi connectivity index (χ2v) is 8.63. The number of nitrogens with one attached hydrogen (secondary N) is 2. The smallest absolute Gasteiger partial charge is 0.351 e. The fourth-order valence-electron chi connectivity index (χ4n) is 3.91. The molecular weight excluding hydrogens is 467 g/mol. The third-order valence-electron chi connectivity index (χ3n) is 5.78. The first-order valence-electron chi connectivity index (χ1n) is 11.0. The van der Waals surface area contributed by atoms with E-state index in [1.54, 1.807) is 18.6 Å². The molecule has 1 atom stereocenters. The minimum Gasteiger partial charge on any atom is -0.351 e. The number of rotatable bonds is 5. The Morgan fingerprint density at radius 3 is 2.57 bits per heavy atom. The van der Waals surface area contributed by atoms with Crippen molar-refractivity contribution in [3.05, 3.63) is 18.0 Å². The zero-order chi connectivity index (χ0) is 25.3. The number of halogens is 3. The van der Waals surface area contributed by atoms with Gasteiger partial charge in [-0.25, -0.2) is 14.8 Å². The van der Waals surface area contributed by atoms with Gasteiger partial charge in [0.1, 0.15) is 18.2 Å². The lowest BCUT2D eigenvalue weighted by Gasteiger charge is -2.41. The number of urea groups is 1. The Kier molecular flexibility index (Phi) is 6.51. The average molecular weight is 491 g/mol. The molecule has 0 radical (unpaired) electrons. The van der Waals surface area contributed by atoms with E-state index in [0.717, 1.165) is 12.8 Å². The van der Waals surface area contributed by atoms with Gasteiger partial charge in [0.25, 0.3) is 0 Å². The van der Waals surface area contributed by atoms with Crippen LogP contribution in [-0.2, 0) is 11.8 Å². The van der Waals surface area contributed by atoms with Crippen molar-refractivity contribution in [2.45, 2.75) is 32.0 Å². The van der Waals surface area contributed by atoms with Crippen molar-refractivity contribution in [1.82, 2.24) is 30.0 Å². The van der Waals surface area contributed by atoms with E-state index in [1.165, 1.54) is 10.9 Å². The van der Waals surface area contributed by atoms with Crippen LogP contribution in [0.25, 0.3) is 11.4 Å². The van der Waals surface area contributed by atoms with Gasteiger partial charge in [-0.3, -0.25) is 14.8 Å². The summed E-state index contributed by atoms with van der Waals surface area (Å²) in [6, 6.07) is 0.662. The zero-order valence-electron chi connectivity index (χ0n) is 19.1. The van der Waals surface area contributed by atoms with Gasteiger partial charge in [-0.05, 0) is 19.8 Å². The molecule has 4 rings (SSSR count). The summed E-state index contributed by atoms with van der Waals surface area (Å²) < 4.78 is 39.0. The van der Waals surface area contributed by atoms with Crippen molar-refractivity contribution < 1.29 is 22.8 Å². The number of carbonyl (C=O) groups excluding carboxylic acids is 2. The van der Waals surface area contributed by atoms with E-state index >= 15 is 0 Å². The lowest BCUT2D eigenvalue weighted by Crippen LogP contribution is -2.55. The van der Waals surface area contributed by atoms with E-state index in [1.807, 2.05) is 22.8 Å². The first kappa shape index (κ1) is 24.2. The fraction of sp³-hybridized carbons (Fsp3) is 0.524. The minimum absolute atomic E-state index is 0.0842. The molecule has 1 saturated carbocycles. The summed E-state index contributed by atoms with van der Waals surface area (Å²) in [6.45, 7) is 1.58.